The highest BCUT2D eigenvalue weighted by Crippen LogP contribution is 2.42. The van der Waals surface area contributed by atoms with Crippen molar-refractivity contribution in [3.8, 4) is 45.9 Å². The minimum absolute atomic E-state index is 0.544. The van der Waals surface area contributed by atoms with Crippen molar-refractivity contribution in [1.29, 1.82) is 0 Å². The molecule has 57 heavy (non-hydrogen) atoms. The maximum absolute atomic E-state index is 6.26. The molecule has 0 saturated carbocycles. The number of benzene rings is 8. The number of hydrogen-bond acceptors (Lipinski definition) is 5. The molecule has 12 rings (SSSR count). The first-order valence-corrected chi connectivity index (χ1v) is 19.0. The summed E-state index contributed by atoms with van der Waals surface area (Å²) in [6, 6.07) is 62.8. The van der Waals surface area contributed by atoms with Crippen LogP contribution >= 0.6 is 0 Å². The van der Waals surface area contributed by atoms with E-state index in [0.717, 1.165) is 87.9 Å². The molecular formula is C50H30N6O. The van der Waals surface area contributed by atoms with Gasteiger partial charge in [0.2, 0.25) is 11.8 Å². The molecule has 0 aliphatic rings. The minimum atomic E-state index is 0.544. The van der Waals surface area contributed by atoms with Gasteiger partial charge in [-0.25, -0.2) is 9.97 Å². The summed E-state index contributed by atoms with van der Waals surface area (Å²) in [7, 11) is 0. The van der Waals surface area contributed by atoms with Crippen LogP contribution in [0.15, 0.2) is 186 Å². The number of rotatable bonds is 5. The third-order valence-corrected chi connectivity index (χ3v) is 11.0. The quantitative estimate of drug-likeness (QED) is 0.176. The Morgan fingerprint density at radius 2 is 1.02 bits per heavy atom. The van der Waals surface area contributed by atoms with E-state index in [0.29, 0.717) is 23.5 Å². The molecule has 8 aromatic carbocycles. The highest BCUT2D eigenvalue weighted by molar-refractivity contribution is 6.23. The van der Waals surface area contributed by atoms with E-state index < -0.39 is 0 Å². The molecule has 266 valence electrons. The van der Waals surface area contributed by atoms with Crippen molar-refractivity contribution in [3.63, 3.8) is 0 Å². The Labute approximate surface area is 325 Å². The van der Waals surface area contributed by atoms with Crippen LogP contribution in [0.2, 0.25) is 0 Å². The molecule has 0 bridgehead atoms. The maximum atomic E-state index is 6.26. The van der Waals surface area contributed by atoms with E-state index in [1.54, 1.807) is 0 Å². The number of oxazole rings is 1. The van der Waals surface area contributed by atoms with Crippen molar-refractivity contribution in [3.05, 3.63) is 182 Å². The van der Waals surface area contributed by atoms with Gasteiger partial charge in [0.15, 0.2) is 17.2 Å². The molecular weight excluding hydrogens is 701 g/mol. The number of hydrogen-bond donors (Lipinski definition) is 0. The highest BCUT2D eigenvalue weighted by atomic mass is 16.3. The van der Waals surface area contributed by atoms with E-state index in [1.165, 1.54) is 0 Å². The topological polar surface area (TPSA) is 74.6 Å². The molecule has 7 heteroatoms. The van der Waals surface area contributed by atoms with E-state index in [-0.39, 0.29) is 0 Å². The number of nitrogens with zero attached hydrogens (tertiary/aromatic N) is 6. The van der Waals surface area contributed by atoms with Crippen molar-refractivity contribution in [2.75, 3.05) is 0 Å². The molecule has 0 N–H and O–H groups in total. The van der Waals surface area contributed by atoms with Gasteiger partial charge in [-0.3, -0.25) is 4.57 Å². The first-order valence-electron chi connectivity index (χ1n) is 19.0. The highest BCUT2D eigenvalue weighted by Gasteiger charge is 2.24. The first-order chi connectivity index (χ1) is 28.2. The molecule has 0 unspecified atom stereocenters. The van der Waals surface area contributed by atoms with Gasteiger partial charge in [-0.05, 0) is 59.3 Å². The Hall–Kier alpha value is -7.90. The predicted molar refractivity (Wildman–Crippen MR) is 230 cm³/mol. The maximum Gasteiger partial charge on any atom is 0.238 e. The van der Waals surface area contributed by atoms with Gasteiger partial charge in [-0.15, -0.1) is 0 Å². The molecule has 0 aliphatic heterocycles. The van der Waals surface area contributed by atoms with Gasteiger partial charge in [0, 0.05) is 43.9 Å². The fourth-order valence-electron chi connectivity index (χ4n) is 8.39. The standard InChI is InChI=1S/C50H30N6O/c1-2-14-32(15-3-1)47-52-48(34-26-25-31-13-4-5-16-33(31)29-34)54-50(53-47)56-43-23-10-7-20-38(43)40-28-27-39-37-19-6-9-22-42(37)55(45(39)46(40)56)36-18-12-17-35(30-36)49-51-41-21-8-11-24-44(41)57-49/h1-30H. The molecule has 4 aromatic heterocycles. The van der Waals surface area contributed by atoms with Gasteiger partial charge in [-0.2, -0.15) is 9.97 Å². The van der Waals surface area contributed by atoms with Crippen LogP contribution in [0.1, 0.15) is 0 Å². The summed E-state index contributed by atoms with van der Waals surface area (Å²) in [5.74, 6) is 2.34. The van der Waals surface area contributed by atoms with E-state index in [2.05, 4.69) is 149 Å². The van der Waals surface area contributed by atoms with Crippen molar-refractivity contribution in [1.82, 2.24) is 29.1 Å². The Bertz CT molecular complexity index is 3510. The molecule has 0 fully saturated rings. The average molecular weight is 731 g/mol. The molecule has 0 spiro atoms. The number of para-hydroxylation sites is 4. The van der Waals surface area contributed by atoms with Gasteiger partial charge >= 0.3 is 0 Å². The Balaban J connectivity index is 1.18. The normalized spacial score (nSPS) is 11.9. The summed E-state index contributed by atoms with van der Waals surface area (Å²) < 4.78 is 10.8. The zero-order chi connectivity index (χ0) is 37.5. The molecule has 0 radical (unpaired) electrons. The third-order valence-electron chi connectivity index (χ3n) is 11.0. The predicted octanol–water partition coefficient (Wildman–Crippen LogP) is 12.4. The average Bonchev–Trinajstić information content (AvgIpc) is 3.97. The lowest BCUT2D eigenvalue weighted by Gasteiger charge is -2.14. The Morgan fingerprint density at radius 3 is 1.81 bits per heavy atom. The van der Waals surface area contributed by atoms with Crippen LogP contribution in [0.3, 0.4) is 0 Å². The second-order valence-electron chi connectivity index (χ2n) is 14.3. The van der Waals surface area contributed by atoms with Crippen LogP contribution < -0.4 is 0 Å². The van der Waals surface area contributed by atoms with E-state index >= 15 is 0 Å². The van der Waals surface area contributed by atoms with Crippen molar-refractivity contribution >= 4 is 65.5 Å². The summed E-state index contributed by atoms with van der Waals surface area (Å²) >= 11 is 0. The first kappa shape index (κ1) is 31.5. The number of fused-ring (bicyclic) bond motifs is 9. The zero-order valence-electron chi connectivity index (χ0n) is 30.4. The zero-order valence-corrected chi connectivity index (χ0v) is 30.4. The molecule has 0 saturated heterocycles. The number of aromatic nitrogens is 6. The molecule has 0 amide bonds. The van der Waals surface area contributed by atoms with Crippen molar-refractivity contribution in [2.45, 2.75) is 0 Å². The summed E-state index contributed by atoms with van der Waals surface area (Å²) in [5, 5.41) is 6.78. The van der Waals surface area contributed by atoms with Crippen LogP contribution in [0, 0.1) is 0 Å². The second-order valence-corrected chi connectivity index (χ2v) is 14.3. The van der Waals surface area contributed by atoms with E-state index in [9.17, 15) is 0 Å². The van der Waals surface area contributed by atoms with Crippen LogP contribution in [-0.4, -0.2) is 29.1 Å². The van der Waals surface area contributed by atoms with Crippen LogP contribution in [0.25, 0.3) is 111 Å². The van der Waals surface area contributed by atoms with Gasteiger partial charge < -0.3 is 8.98 Å². The summed E-state index contributed by atoms with van der Waals surface area (Å²) in [4.78, 5) is 20.6. The van der Waals surface area contributed by atoms with Gasteiger partial charge in [-0.1, -0.05) is 133 Å². The van der Waals surface area contributed by atoms with Crippen LogP contribution in [-0.2, 0) is 0 Å². The van der Waals surface area contributed by atoms with E-state index in [1.807, 2.05) is 42.5 Å². The summed E-state index contributed by atoms with van der Waals surface area (Å²) in [6.45, 7) is 0. The Kier molecular flexibility index (Phi) is 6.79. The minimum Gasteiger partial charge on any atom is -0.436 e. The largest absolute Gasteiger partial charge is 0.436 e. The van der Waals surface area contributed by atoms with Gasteiger partial charge in [0.05, 0.1) is 22.1 Å². The lowest BCUT2D eigenvalue weighted by atomic mass is 10.1. The van der Waals surface area contributed by atoms with Crippen molar-refractivity contribution in [2.24, 2.45) is 0 Å². The monoisotopic (exact) mass is 730 g/mol. The van der Waals surface area contributed by atoms with E-state index in [4.69, 9.17) is 24.4 Å². The smallest absolute Gasteiger partial charge is 0.238 e. The second kappa shape index (κ2) is 12.3. The van der Waals surface area contributed by atoms with Crippen LogP contribution in [0.4, 0.5) is 0 Å². The molecule has 4 heterocycles. The van der Waals surface area contributed by atoms with Gasteiger partial charge in [0.25, 0.3) is 0 Å². The lowest BCUT2D eigenvalue weighted by Crippen LogP contribution is -2.07. The fourth-order valence-corrected chi connectivity index (χ4v) is 8.39. The Morgan fingerprint density at radius 1 is 0.386 bits per heavy atom. The van der Waals surface area contributed by atoms with Crippen LogP contribution in [0.5, 0.6) is 0 Å². The molecule has 0 atom stereocenters. The fraction of sp³-hybridized carbons (Fsp3) is 0. The summed E-state index contributed by atoms with van der Waals surface area (Å²) in [6.07, 6.45) is 0. The summed E-state index contributed by atoms with van der Waals surface area (Å²) in [5.41, 5.74) is 9.46. The lowest BCUT2D eigenvalue weighted by molar-refractivity contribution is 0.620. The van der Waals surface area contributed by atoms with Gasteiger partial charge in [0.1, 0.15) is 5.52 Å². The SMILES string of the molecule is c1ccc(-c2nc(-c3ccc4ccccc4c3)nc(-n3c4ccccc4c4ccc5c6ccccc6n(-c6cccc(-c7nc8ccccc8o7)c6)c5c43)n2)cc1. The van der Waals surface area contributed by atoms with Crippen molar-refractivity contribution < 1.29 is 4.42 Å². The molecule has 7 nitrogen and oxygen atoms in total. The molecule has 0 aliphatic carbocycles. The molecule has 12 aromatic rings. The third kappa shape index (κ3) is 4.92.